The van der Waals surface area contributed by atoms with Gasteiger partial charge in [-0.25, -0.2) is 9.61 Å². The van der Waals surface area contributed by atoms with Gasteiger partial charge in [0.25, 0.3) is 5.91 Å². The Morgan fingerprint density at radius 3 is 2.95 bits per heavy atom. The van der Waals surface area contributed by atoms with Crippen LogP contribution in [-0.2, 0) is 0 Å². The number of amides is 1. The van der Waals surface area contributed by atoms with Crippen LogP contribution in [0.15, 0.2) is 27.2 Å². The molecule has 8 nitrogen and oxygen atoms in total. The minimum Gasteiger partial charge on any atom is -0.441 e. The highest BCUT2D eigenvalue weighted by atomic mass is 16.6. The highest BCUT2D eigenvalue weighted by Gasteiger charge is 2.16. The first kappa shape index (κ1) is 11.2. The van der Waals surface area contributed by atoms with E-state index in [0.717, 1.165) is 0 Å². The molecule has 2 heterocycles. The van der Waals surface area contributed by atoms with Gasteiger partial charge in [-0.1, -0.05) is 0 Å². The second-order valence-corrected chi connectivity index (χ2v) is 3.87. The molecule has 0 atom stereocenters. The molecule has 0 aliphatic heterocycles. The maximum absolute atomic E-state index is 11.8. The van der Waals surface area contributed by atoms with Gasteiger partial charge in [0.1, 0.15) is 5.52 Å². The summed E-state index contributed by atoms with van der Waals surface area (Å²) in [4.78, 5) is 16.0. The molecule has 3 N–H and O–H groups in total. The normalized spacial score (nSPS) is 10.8. The number of anilines is 2. The molecule has 0 saturated heterocycles. The van der Waals surface area contributed by atoms with Gasteiger partial charge in [-0.05, 0) is 28.5 Å². The van der Waals surface area contributed by atoms with Gasteiger partial charge in [0, 0.05) is 12.6 Å². The van der Waals surface area contributed by atoms with E-state index in [0.29, 0.717) is 22.7 Å². The maximum Gasteiger partial charge on any atom is 0.281 e. The van der Waals surface area contributed by atoms with Crippen molar-refractivity contribution in [3.05, 3.63) is 29.8 Å². The number of nitrogens with one attached hydrogen (secondary N) is 1. The van der Waals surface area contributed by atoms with Gasteiger partial charge in [-0.2, -0.15) is 0 Å². The van der Waals surface area contributed by atoms with E-state index in [4.69, 9.17) is 10.2 Å². The zero-order valence-electron chi connectivity index (χ0n) is 9.88. The molecule has 8 heteroatoms. The van der Waals surface area contributed by atoms with Gasteiger partial charge in [-0.3, -0.25) is 4.79 Å². The molecule has 3 aromatic rings. The SMILES string of the molecule is Cc1nc2cc(NC(=O)c3nonc3N)ccc2o1. The molecule has 0 fully saturated rings. The van der Waals surface area contributed by atoms with Crippen LogP contribution in [0, 0.1) is 6.92 Å². The number of oxazole rings is 1. The van der Waals surface area contributed by atoms with Crippen LogP contribution in [-0.4, -0.2) is 21.2 Å². The summed E-state index contributed by atoms with van der Waals surface area (Å²) in [5.74, 6) is -0.00222. The average Bonchev–Trinajstić information content (AvgIpc) is 2.93. The topological polar surface area (TPSA) is 120 Å². The smallest absolute Gasteiger partial charge is 0.281 e. The van der Waals surface area contributed by atoms with Crippen LogP contribution in [0.1, 0.15) is 16.4 Å². The first-order valence-electron chi connectivity index (χ1n) is 5.40. The van der Waals surface area contributed by atoms with E-state index in [9.17, 15) is 4.79 Å². The first-order chi connectivity index (χ1) is 9.13. The predicted molar refractivity (Wildman–Crippen MR) is 65.4 cm³/mol. The quantitative estimate of drug-likeness (QED) is 0.712. The highest BCUT2D eigenvalue weighted by Crippen LogP contribution is 2.20. The summed E-state index contributed by atoms with van der Waals surface area (Å²) in [6.45, 7) is 1.75. The van der Waals surface area contributed by atoms with Gasteiger partial charge in [0.2, 0.25) is 11.5 Å². The van der Waals surface area contributed by atoms with Crippen LogP contribution in [0.25, 0.3) is 11.1 Å². The third-order valence-corrected chi connectivity index (χ3v) is 2.48. The Balaban J connectivity index is 1.89. The van der Waals surface area contributed by atoms with E-state index in [1.807, 2.05) is 0 Å². The van der Waals surface area contributed by atoms with Crippen LogP contribution in [0.3, 0.4) is 0 Å². The van der Waals surface area contributed by atoms with Crippen LogP contribution < -0.4 is 11.1 Å². The Labute approximate surface area is 106 Å². The first-order valence-corrected chi connectivity index (χ1v) is 5.40. The molecule has 19 heavy (non-hydrogen) atoms. The van der Waals surface area contributed by atoms with E-state index < -0.39 is 5.91 Å². The van der Waals surface area contributed by atoms with Crippen LogP contribution in [0.2, 0.25) is 0 Å². The molecule has 0 radical (unpaired) electrons. The Hall–Kier alpha value is -2.90. The van der Waals surface area contributed by atoms with Crippen LogP contribution in [0.5, 0.6) is 0 Å². The number of rotatable bonds is 2. The monoisotopic (exact) mass is 259 g/mol. The second-order valence-electron chi connectivity index (χ2n) is 3.87. The van der Waals surface area contributed by atoms with Crippen molar-refractivity contribution < 1.29 is 13.8 Å². The Bertz CT molecular complexity index is 761. The van der Waals surface area contributed by atoms with Crippen molar-refractivity contribution in [2.24, 2.45) is 0 Å². The molecule has 96 valence electrons. The van der Waals surface area contributed by atoms with Gasteiger partial charge in [-0.15, -0.1) is 0 Å². The highest BCUT2D eigenvalue weighted by molar-refractivity contribution is 6.06. The number of aryl methyl sites for hydroxylation is 1. The molecule has 0 bridgehead atoms. The number of hydrogen-bond acceptors (Lipinski definition) is 7. The van der Waals surface area contributed by atoms with Crippen molar-refractivity contribution >= 4 is 28.5 Å². The fourth-order valence-corrected chi connectivity index (χ4v) is 1.66. The lowest BCUT2D eigenvalue weighted by molar-refractivity contribution is 0.101. The van der Waals surface area contributed by atoms with Crippen molar-refractivity contribution in [3.63, 3.8) is 0 Å². The van der Waals surface area contributed by atoms with E-state index >= 15 is 0 Å². The molecule has 0 unspecified atom stereocenters. The molecular formula is C11H9N5O3. The summed E-state index contributed by atoms with van der Waals surface area (Å²) in [7, 11) is 0. The minimum atomic E-state index is -0.502. The summed E-state index contributed by atoms with van der Waals surface area (Å²) in [6.07, 6.45) is 0. The summed E-state index contributed by atoms with van der Waals surface area (Å²) < 4.78 is 9.70. The largest absolute Gasteiger partial charge is 0.441 e. The molecule has 0 saturated carbocycles. The number of aromatic nitrogens is 3. The fourth-order valence-electron chi connectivity index (χ4n) is 1.66. The lowest BCUT2D eigenvalue weighted by Crippen LogP contribution is -2.14. The third kappa shape index (κ3) is 1.99. The number of benzene rings is 1. The summed E-state index contributed by atoms with van der Waals surface area (Å²) in [6, 6.07) is 5.09. The van der Waals surface area contributed by atoms with Crippen molar-refractivity contribution in [1.29, 1.82) is 0 Å². The van der Waals surface area contributed by atoms with Crippen molar-refractivity contribution in [3.8, 4) is 0 Å². The number of nitrogen functional groups attached to an aromatic ring is 1. The standard InChI is InChI=1S/C11H9N5O3/c1-5-13-7-4-6(2-3-8(7)18-5)14-11(17)9-10(12)16-19-15-9/h2-4H,1H3,(H2,12,16)(H,14,17). The lowest BCUT2D eigenvalue weighted by atomic mass is 10.2. The molecule has 0 aliphatic rings. The minimum absolute atomic E-state index is 0.0589. The molecule has 3 rings (SSSR count). The van der Waals surface area contributed by atoms with Crippen LogP contribution in [0.4, 0.5) is 11.5 Å². The summed E-state index contributed by atoms with van der Waals surface area (Å²) in [5, 5.41) is 9.38. The molecule has 1 aromatic carbocycles. The van der Waals surface area contributed by atoms with Gasteiger partial charge >= 0.3 is 0 Å². The number of hydrogen-bond donors (Lipinski definition) is 2. The average molecular weight is 259 g/mol. The van der Waals surface area contributed by atoms with E-state index in [1.165, 1.54) is 0 Å². The van der Waals surface area contributed by atoms with Crippen molar-refractivity contribution in [2.75, 3.05) is 11.1 Å². The number of carbonyl (C=O) groups is 1. The third-order valence-electron chi connectivity index (χ3n) is 2.48. The van der Waals surface area contributed by atoms with Gasteiger partial charge in [0.05, 0.1) is 0 Å². The Morgan fingerprint density at radius 2 is 2.21 bits per heavy atom. The fraction of sp³-hybridized carbons (Fsp3) is 0.0909. The van der Waals surface area contributed by atoms with E-state index in [-0.39, 0.29) is 11.5 Å². The van der Waals surface area contributed by atoms with E-state index in [2.05, 4.69) is 25.2 Å². The zero-order valence-corrected chi connectivity index (χ0v) is 9.88. The number of nitrogens with two attached hydrogens (primary N) is 1. The number of nitrogens with zero attached hydrogens (tertiary/aromatic N) is 3. The molecule has 1 amide bonds. The van der Waals surface area contributed by atoms with Gasteiger partial charge < -0.3 is 15.5 Å². The van der Waals surface area contributed by atoms with Crippen LogP contribution >= 0.6 is 0 Å². The lowest BCUT2D eigenvalue weighted by Gasteiger charge is -2.01. The zero-order chi connectivity index (χ0) is 13.4. The molecule has 0 aliphatic carbocycles. The van der Waals surface area contributed by atoms with Crippen molar-refractivity contribution in [1.82, 2.24) is 15.3 Å². The number of fused-ring (bicyclic) bond motifs is 1. The maximum atomic E-state index is 11.8. The predicted octanol–water partition coefficient (Wildman–Crippen LogP) is 1.35. The molecule has 0 spiro atoms. The van der Waals surface area contributed by atoms with Crippen molar-refractivity contribution in [2.45, 2.75) is 6.92 Å². The Kier molecular flexibility index (Phi) is 2.41. The summed E-state index contributed by atoms with van der Waals surface area (Å²) in [5.41, 5.74) is 7.23. The van der Waals surface area contributed by atoms with E-state index in [1.54, 1.807) is 25.1 Å². The summed E-state index contributed by atoms with van der Waals surface area (Å²) >= 11 is 0. The van der Waals surface area contributed by atoms with Gasteiger partial charge in [0.15, 0.2) is 11.5 Å². The number of carbonyl (C=O) groups excluding carboxylic acids is 1. The Morgan fingerprint density at radius 1 is 1.37 bits per heavy atom. The molecular weight excluding hydrogens is 250 g/mol. The molecule has 2 aromatic heterocycles. The second kappa shape index (κ2) is 4.09.